The van der Waals surface area contributed by atoms with E-state index >= 15 is 0 Å². The quantitative estimate of drug-likeness (QED) is 0.691. The van der Waals surface area contributed by atoms with Crippen LogP contribution in [0, 0.1) is 0 Å². The van der Waals surface area contributed by atoms with Gasteiger partial charge in [0.2, 0.25) is 0 Å². The van der Waals surface area contributed by atoms with E-state index < -0.39 is 5.54 Å². The molecule has 1 aromatic rings. The highest BCUT2D eigenvalue weighted by Crippen LogP contribution is 2.28. The summed E-state index contributed by atoms with van der Waals surface area (Å²) >= 11 is 3.25. The van der Waals surface area contributed by atoms with E-state index in [4.69, 9.17) is 9.84 Å². The molecule has 0 aliphatic carbocycles. The molecule has 2 heterocycles. The molecule has 2 rings (SSSR count). The molecule has 112 valence electrons. The molecule has 0 amide bonds. The average molecular weight is 348 g/mol. The van der Waals surface area contributed by atoms with E-state index in [1.54, 1.807) is 0 Å². The summed E-state index contributed by atoms with van der Waals surface area (Å²) in [5.41, 5.74) is -0.262. The van der Waals surface area contributed by atoms with Gasteiger partial charge in [0.05, 0.1) is 37.2 Å². The molecule has 7 nitrogen and oxygen atoms in total. The Morgan fingerprint density at radius 2 is 2.15 bits per heavy atom. The largest absolute Gasteiger partial charge is 0.394 e. The van der Waals surface area contributed by atoms with Gasteiger partial charge in [0.1, 0.15) is 4.47 Å². The number of rotatable bonds is 5. The summed E-state index contributed by atoms with van der Waals surface area (Å²) in [6.07, 6.45) is 2.85. The molecule has 3 N–H and O–H groups in total. The van der Waals surface area contributed by atoms with Gasteiger partial charge in [0.25, 0.3) is 5.56 Å². The van der Waals surface area contributed by atoms with Gasteiger partial charge < -0.3 is 20.3 Å². The third-order valence-corrected chi connectivity index (χ3v) is 4.22. The lowest BCUT2D eigenvalue weighted by molar-refractivity contribution is 0.0379. The highest BCUT2D eigenvalue weighted by molar-refractivity contribution is 9.10. The molecular formula is C12H18BrN3O4. The number of aliphatic hydroxyl groups is 2. The molecule has 0 spiro atoms. The minimum atomic E-state index is -0.488. The van der Waals surface area contributed by atoms with Crippen molar-refractivity contribution in [3.63, 3.8) is 0 Å². The zero-order valence-electron chi connectivity index (χ0n) is 11.0. The number of hydrogen-bond donors (Lipinski definition) is 3. The van der Waals surface area contributed by atoms with Gasteiger partial charge in [-0.15, -0.1) is 0 Å². The Morgan fingerprint density at radius 3 is 2.75 bits per heavy atom. The van der Waals surface area contributed by atoms with Crippen molar-refractivity contribution in [2.75, 3.05) is 31.7 Å². The number of anilines is 1. The van der Waals surface area contributed by atoms with Gasteiger partial charge in [-0.25, -0.2) is 4.68 Å². The van der Waals surface area contributed by atoms with Crippen LogP contribution in [0.25, 0.3) is 0 Å². The Bertz CT molecular complexity index is 514. The molecule has 0 saturated carbocycles. The molecule has 0 bridgehead atoms. The van der Waals surface area contributed by atoms with Crippen LogP contribution in [-0.2, 0) is 11.3 Å². The Labute approximate surface area is 124 Å². The fraction of sp³-hybridized carbons (Fsp3) is 0.667. The topological polar surface area (TPSA) is 96.6 Å². The van der Waals surface area contributed by atoms with Crippen molar-refractivity contribution >= 4 is 21.6 Å². The molecule has 0 unspecified atom stereocenters. The Morgan fingerprint density at radius 1 is 1.45 bits per heavy atom. The first kappa shape index (κ1) is 15.4. The van der Waals surface area contributed by atoms with Crippen LogP contribution in [-0.4, -0.2) is 52.0 Å². The predicted molar refractivity (Wildman–Crippen MR) is 76.8 cm³/mol. The lowest BCUT2D eigenvalue weighted by Gasteiger charge is -2.37. The maximum absolute atomic E-state index is 12.0. The summed E-state index contributed by atoms with van der Waals surface area (Å²) in [6.45, 7) is 1.10. The highest BCUT2D eigenvalue weighted by Gasteiger charge is 2.32. The smallest absolute Gasteiger partial charge is 0.283 e. The number of ether oxygens (including phenoxy) is 1. The zero-order valence-corrected chi connectivity index (χ0v) is 12.6. The first-order valence-electron chi connectivity index (χ1n) is 6.45. The van der Waals surface area contributed by atoms with Gasteiger partial charge in [0, 0.05) is 13.2 Å². The van der Waals surface area contributed by atoms with Crippen LogP contribution in [0.4, 0.5) is 5.69 Å². The minimum absolute atomic E-state index is 0.0392. The third kappa shape index (κ3) is 3.20. The van der Waals surface area contributed by atoms with Crippen molar-refractivity contribution in [2.24, 2.45) is 0 Å². The summed E-state index contributed by atoms with van der Waals surface area (Å²) in [7, 11) is 0. The summed E-state index contributed by atoms with van der Waals surface area (Å²) in [4.78, 5) is 12.0. The first-order valence-corrected chi connectivity index (χ1v) is 7.24. The van der Waals surface area contributed by atoms with E-state index in [0.717, 1.165) is 0 Å². The van der Waals surface area contributed by atoms with Crippen LogP contribution >= 0.6 is 15.9 Å². The number of halogens is 1. The fourth-order valence-corrected chi connectivity index (χ4v) is 2.58. The molecule has 0 radical (unpaired) electrons. The van der Waals surface area contributed by atoms with Crippen LogP contribution in [0.15, 0.2) is 15.5 Å². The molecule has 1 saturated heterocycles. The number of hydrogen-bond acceptors (Lipinski definition) is 6. The minimum Gasteiger partial charge on any atom is -0.394 e. The number of nitrogens with zero attached hydrogens (tertiary/aromatic N) is 2. The summed E-state index contributed by atoms with van der Waals surface area (Å²) < 4.78 is 6.83. The lowest BCUT2D eigenvalue weighted by atomic mass is 9.91. The van der Waals surface area contributed by atoms with Crippen molar-refractivity contribution in [3.8, 4) is 0 Å². The predicted octanol–water partition coefficient (Wildman–Crippen LogP) is -0.0485. The van der Waals surface area contributed by atoms with E-state index in [1.165, 1.54) is 10.9 Å². The normalized spacial score (nSPS) is 17.9. The Balaban J connectivity index is 2.24. The molecule has 8 heteroatoms. The molecule has 1 aliphatic heterocycles. The molecule has 0 atom stereocenters. The molecule has 20 heavy (non-hydrogen) atoms. The molecular weight excluding hydrogens is 330 g/mol. The molecule has 1 aromatic heterocycles. The van der Waals surface area contributed by atoms with Crippen molar-refractivity contribution in [3.05, 3.63) is 21.0 Å². The summed E-state index contributed by atoms with van der Waals surface area (Å²) in [5.74, 6) is 0. The van der Waals surface area contributed by atoms with E-state index in [2.05, 4.69) is 26.3 Å². The monoisotopic (exact) mass is 347 g/mol. The van der Waals surface area contributed by atoms with Crippen LogP contribution < -0.4 is 10.9 Å². The van der Waals surface area contributed by atoms with Gasteiger partial charge >= 0.3 is 0 Å². The third-order valence-electron chi connectivity index (χ3n) is 3.45. The highest BCUT2D eigenvalue weighted by atomic mass is 79.9. The molecule has 1 aliphatic rings. The Kier molecular flexibility index (Phi) is 5.14. The fourth-order valence-electron chi connectivity index (χ4n) is 2.18. The van der Waals surface area contributed by atoms with Gasteiger partial charge in [-0.3, -0.25) is 4.79 Å². The van der Waals surface area contributed by atoms with Crippen LogP contribution in [0.5, 0.6) is 0 Å². The first-order chi connectivity index (χ1) is 9.62. The summed E-state index contributed by atoms with van der Waals surface area (Å²) in [6, 6.07) is 0. The second kappa shape index (κ2) is 6.66. The van der Waals surface area contributed by atoms with Gasteiger partial charge in [-0.05, 0) is 28.8 Å². The van der Waals surface area contributed by atoms with E-state index in [1.807, 2.05) is 0 Å². The van der Waals surface area contributed by atoms with Crippen LogP contribution in [0.2, 0.25) is 0 Å². The van der Waals surface area contributed by atoms with Crippen molar-refractivity contribution in [1.29, 1.82) is 0 Å². The van der Waals surface area contributed by atoms with Crippen molar-refractivity contribution < 1.29 is 14.9 Å². The standard InChI is InChI=1S/C12H18BrN3O4/c13-10-9(7-14-16(3-4-17)11(10)19)15-12(8-18)1-5-20-6-2-12/h7,15,17-18H,1-6,8H2. The van der Waals surface area contributed by atoms with Crippen LogP contribution in [0.3, 0.4) is 0 Å². The number of nitrogens with one attached hydrogen (secondary N) is 1. The second-order valence-corrected chi connectivity index (χ2v) is 5.59. The zero-order chi connectivity index (χ0) is 14.6. The number of aliphatic hydroxyl groups excluding tert-OH is 2. The Hall–Kier alpha value is -0.960. The molecule has 1 fully saturated rings. The van der Waals surface area contributed by atoms with E-state index in [-0.39, 0.29) is 25.3 Å². The van der Waals surface area contributed by atoms with Crippen LogP contribution in [0.1, 0.15) is 12.8 Å². The van der Waals surface area contributed by atoms with Crippen molar-refractivity contribution in [2.45, 2.75) is 24.9 Å². The van der Waals surface area contributed by atoms with Crippen molar-refractivity contribution in [1.82, 2.24) is 9.78 Å². The summed E-state index contributed by atoms with van der Waals surface area (Å²) in [5, 5.41) is 25.7. The van der Waals surface area contributed by atoms with E-state index in [9.17, 15) is 9.90 Å². The SMILES string of the molecule is O=c1c(Br)c(NC2(CO)CCOCC2)cnn1CCO. The van der Waals surface area contributed by atoms with Gasteiger partial charge in [-0.1, -0.05) is 0 Å². The lowest BCUT2D eigenvalue weighted by Crippen LogP contribution is -2.47. The van der Waals surface area contributed by atoms with Gasteiger partial charge in [0.15, 0.2) is 0 Å². The maximum Gasteiger partial charge on any atom is 0.283 e. The second-order valence-electron chi connectivity index (χ2n) is 4.80. The average Bonchev–Trinajstić information content (AvgIpc) is 2.48. The van der Waals surface area contributed by atoms with Gasteiger partial charge in [-0.2, -0.15) is 5.10 Å². The van der Waals surface area contributed by atoms with E-state index in [0.29, 0.717) is 36.2 Å². The maximum atomic E-state index is 12.0. The molecule has 0 aromatic carbocycles. The number of aromatic nitrogens is 2.